The van der Waals surface area contributed by atoms with Crippen LogP contribution in [-0.4, -0.2) is 42.6 Å². The third-order valence-electron chi connectivity index (χ3n) is 2.91. The standard InChI is InChI=1S/C12H21N3O2S.2ClH/c1-7-11(18-9(3)14-7)8(2)15(4)12(16)10(13)6-17-5;;/h8,10H,6,13H2,1-5H3;2*1H. The Labute approximate surface area is 136 Å². The Kier molecular flexibility index (Phi) is 10.4. The number of methoxy groups -OCH3 is 1. The van der Waals surface area contributed by atoms with Gasteiger partial charge in [0.1, 0.15) is 6.04 Å². The molecular formula is C12H23Cl2N3O2S. The van der Waals surface area contributed by atoms with Crippen molar-refractivity contribution in [1.29, 1.82) is 0 Å². The number of nitrogens with zero attached hydrogens (tertiary/aromatic N) is 2. The Hall–Kier alpha value is -0.400. The van der Waals surface area contributed by atoms with Crippen molar-refractivity contribution in [3.05, 3.63) is 15.6 Å². The minimum absolute atomic E-state index is 0. The SMILES string of the molecule is COCC(N)C(=O)N(C)C(C)c1sc(C)nc1C.Cl.Cl. The lowest BCUT2D eigenvalue weighted by molar-refractivity contribution is -0.134. The highest BCUT2D eigenvalue weighted by Gasteiger charge is 2.25. The lowest BCUT2D eigenvalue weighted by Crippen LogP contribution is -2.45. The van der Waals surface area contributed by atoms with Crippen LogP contribution in [-0.2, 0) is 9.53 Å². The molecule has 1 heterocycles. The van der Waals surface area contributed by atoms with Crippen LogP contribution in [0.4, 0.5) is 0 Å². The van der Waals surface area contributed by atoms with E-state index < -0.39 is 6.04 Å². The van der Waals surface area contributed by atoms with Crippen LogP contribution in [0.25, 0.3) is 0 Å². The Balaban J connectivity index is 0. The highest BCUT2D eigenvalue weighted by Crippen LogP contribution is 2.28. The summed E-state index contributed by atoms with van der Waals surface area (Å²) in [7, 11) is 3.30. The molecule has 1 rings (SSSR count). The normalized spacial score (nSPS) is 12.9. The van der Waals surface area contributed by atoms with Crippen LogP contribution in [0, 0.1) is 13.8 Å². The number of likely N-dealkylation sites (N-methyl/N-ethyl adjacent to an activating group) is 1. The molecule has 2 unspecified atom stereocenters. The van der Waals surface area contributed by atoms with Gasteiger partial charge in [-0.1, -0.05) is 0 Å². The second kappa shape index (κ2) is 9.52. The number of aryl methyl sites for hydroxylation is 2. The summed E-state index contributed by atoms with van der Waals surface area (Å²) >= 11 is 1.62. The number of hydrogen-bond donors (Lipinski definition) is 1. The number of hydrogen-bond acceptors (Lipinski definition) is 5. The molecule has 8 heteroatoms. The van der Waals surface area contributed by atoms with Gasteiger partial charge < -0.3 is 15.4 Å². The fraction of sp³-hybridized carbons (Fsp3) is 0.667. The zero-order valence-electron chi connectivity index (χ0n) is 12.4. The van der Waals surface area contributed by atoms with Crippen molar-refractivity contribution >= 4 is 42.1 Å². The lowest BCUT2D eigenvalue weighted by Gasteiger charge is -2.27. The van der Waals surface area contributed by atoms with Gasteiger partial charge in [0.05, 0.1) is 23.4 Å². The highest BCUT2D eigenvalue weighted by atomic mass is 35.5. The van der Waals surface area contributed by atoms with E-state index in [4.69, 9.17) is 10.5 Å². The quantitative estimate of drug-likeness (QED) is 0.888. The van der Waals surface area contributed by atoms with Crippen molar-refractivity contribution in [2.75, 3.05) is 20.8 Å². The molecule has 0 spiro atoms. The van der Waals surface area contributed by atoms with Crippen LogP contribution < -0.4 is 5.73 Å². The second-order valence-electron chi connectivity index (χ2n) is 4.37. The van der Waals surface area contributed by atoms with Gasteiger partial charge in [-0.3, -0.25) is 4.79 Å². The van der Waals surface area contributed by atoms with E-state index in [1.165, 1.54) is 7.11 Å². The number of nitrogens with two attached hydrogens (primary N) is 1. The fourth-order valence-electron chi connectivity index (χ4n) is 1.81. The summed E-state index contributed by atoms with van der Waals surface area (Å²) in [5, 5.41) is 1.01. The van der Waals surface area contributed by atoms with Gasteiger partial charge in [0, 0.05) is 19.0 Å². The zero-order chi connectivity index (χ0) is 13.9. The molecule has 0 aliphatic carbocycles. The Morgan fingerprint density at radius 2 is 2.00 bits per heavy atom. The van der Waals surface area contributed by atoms with Gasteiger partial charge in [-0.25, -0.2) is 4.98 Å². The number of amides is 1. The molecule has 0 bridgehead atoms. The summed E-state index contributed by atoms with van der Waals surface area (Å²) in [5.74, 6) is -0.116. The van der Waals surface area contributed by atoms with Gasteiger partial charge in [0.15, 0.2) is 0 Å². The molecule has 0 saturated carbocycles. The first-order valence-corrected chi connectivity index (χ1v) is 6.65. The molecule has 1 aromatic heterocycles. The van der Waals surface area contributed by atoms with E-state index in [0.717, 1.165) is 15.6 Å². The summed E-state index contributed by atoms with van der Waals surface area (Å²) in [6.45, 7) is 6.14. The first kappa shape index (κ1) is 21.9. The summed E-state index contributed by atoms with van der Waals surface area (Å²) in [6, 6.07) is -0.636. The molecule has 1 amide bonds. The Morgan fingerprint density at radius 1 is 1.45 bits per heavy atom. The molecule has 118 valence electrons. The number of halogens is 2. The topological polar surface area (TPSA) is 68.5 Å². The second-order valence-corrected chi connectivity index (χ2v) is 5.60. The number of thiazole rings is 1. The molecule has 0 aliphatic heterocycles. The molecule has 1 aromatic rings. The van der Waals surface area contributed by atoms with E-state index in [1.54, 1.807) is 23.3 Å². The van der Waals surface area contributed by atoms with Gasteiger partial charge in [0.2, 0.25) is 5.91 Å². The molecule has 5 nitrogen and oxygen atoms in total. The molecule has 0 radical (unpaired) electrons. The van der Waals surface area contributed by atoms with Crippen LogP contribution in [0.5, 0.6) is 0 Å². The lowest BCUT2D eigenvalue weighted by atomic mass is 10.2. The van der Waals surface area contributed by atoms with Crippen LogP contribution in [0.1, 0.15) is 28.5 Å². The summed E-state index contributed by atoms with van der Waals surface area (Å²) in [6.07, 6.45) is 0. The van der Waals surface area contributed by atoms with Crippen LogP contribution in [0.3, 0.4) is 0 Å². The first-order chi connectivity index (χ1) is 8.38. The molecule has 0 aromatic carbocycles. The van der Waals surface area contributed by atoms with Crippen LogP contribution in [0.15, 0.2) is 0 Å². The Bertz CT molecular complexity index is 429. The number of aromatic nitrogens is 1. The van der Waals surface area contributed by atoms with E-state index >= 15 is 0 Å². The number of ether oxygens (including phenoxy) is 1. The van der Waals surface area contributed by atoms with Crippen molar-refractivity contribution in [3.8, 4) is 0 Å². The summed E-state index contributed by atoms with van der Waals surface area (Å²) in [5.41, 5.74) is 6.74. The van der Waals surface area contributed by atoms with E-state index in [2.05, 4.69) is 4.98 Å². The van der Waals surface area contributed by atoms with E-state index in [-0.39, 0.29) is 43.4 Å². The molecular weight excluding hydrogens is 321 g/mol. The van der Waals surface area contributed by atoms with Crippen molar-refractivity contribution in [1.82, 2.24) is 9.88 Å². The largest absolute Gasteiger partial charge is 0.383 e. The van der Waals surface area contributed by atoms with Gasteiger partial charge >= 0.3 is 0 Å². The summed E-state index contributed by atoms with van der Waals surface area (Å²) in [4.78, 5) is 19.2. The van der Waals surface area contributed by atoms with E-state index in [9.17, 15) is 4.79 Å². The van der Waals surface area contributed by atoms with E-state index in [0.29, 0.717) is 0 Å². The minimum Gasteiger partial charge on any atom is -0.383 e. The third kappa shape index (κ3) is 5.18. The van der Waals surface area contributed by atoms with E-state index in [1.807, 2.05) is 20.8 Å². The maximum atomic E-state index is 12.1. The Morgan fingerprint density at radius 3 is 2.40 bits per heavy atom. The molecule has 20 heavy (non-hydrogen) atoms. The van der Waals surface area contributed by atoms with Crippen molar-refractivity contribution in [3.63, 3.8) is 0 Å². The third-order valence-corrected chi connectivity index (χ3v) is 4.15. The molecule has 0 aliphatic rings. The number of carbonyl (C=O) groups is 1. The average molecular weight is 344 g/mol. The predicted molar refractivity (Wildman–Crippen MR) is 87.1 cm³/mol. The smallest absolute Gasteiger partial charge is 0.242 e. The van der Waals surface area contributed by atoms with Gasteiger partial charge in [-0.2, -0.15) is 0 Å². The molecule has 2 atom stereocenters. The van der Waals surface area contributed by atoms with Crippen LogP contribution >= 0.6 is 36.2 Å². The van der Waals surface area contributed by atoms with Crippen molar-refractivity contribution < 1.29 is 9.53 Å². The van der Waals surface area contributed by atoms with Gasteiger partial charge in [0.25, 0.3) is 0 Å². The number of carbonyl (C=O) groups excluding carboxylic acids is 1. The van der Waals surface area contributed by atoms with Crippen molar-refractivity contribution in [2.24, 2.45) is 5.73 Å². The van der Waals surface area contributed by atoms with Gasteiger partial charge in [-0.15, -0.1) is 36.2 Å². The fourth-order valence-corrected chi connectivity index (χ4v) is 2.84. The summed E-state index contributed by atoms with van der Waals surface area (Å²) < 4.78 is 4.91. The maximum absolute atomic E-state index is 12.1. The molecule has 0 fully saturated rings. The maximum Gasteiger partial charge on any atom is 0.242 e. The van der Waals surface area contributed by atoms with Gasteiger partial charge in [-0.05, 0) is 20.8 Å². The predicted octanol–water partition coefficient (Wildman–Crippen LogP) is 2.10. The van der Waals surface area contributed by atoms with Crippen molar-refractivity contribution in [2.45, 2.75) is 32.9 Å². The average Bonchev–Trinajstić information content (AvgIpc) is 2.66. The molecule has 2 N–H and O–H groups in total. The minimum atomic E-state index is -0.614. The highest BCUT2D eigenvalue weighted by molar-refractivity contribution is 7.11. The zero-order valence-corrected chi connectivity index (χ0v) is 14.8. The first-order valence-electron chi connectivity index (χ1n) is 5.83. The number of rotatable bonds is 5. The van der Waals surface area contributed by atoms with Crippen LogP contribution in [0.2, 0.25) is 0 Å². The molecule has 0 saturated heterocycles. The monoisotopic (exact) mass is 343 g/mol.